The number of aliphatic hydroxyl groups excluding tert-OH is 4. The Morgan fingerprint density at radius 1 is 0.964 bits per heavy atom. The third-order valence-corrected chi connectivity index (χ3v) is 4.49. The Balaban J connectivity index is 1.70. The van der Waals surface area contributed by atoms with Gasteiger partial charge in [0, 0.05) is 11.1 Å². The second-order valence-corrected chi connectivity index (χ2v) is 6.36. The molecule has 8 heteroatoms. The van der Waals surface area contributed by atoms with Gasteiger partial charge in [0.1, 0.15) is 30.2 Å². The molecule has 1 saturated heterocycles. The summed E-state index contributed by atoms with van der Waals surface area (Å²) in [6, 6.07) is 14.3. The first-order chi connectivity index (χ1) is 13.4. The van der Waals surface area contributed by atoms with Gasteiger partial charge in [0.15, 0.2) is 5.78 Å². The van der Waals surface area contributed by atoms with E-state index in [-0.39, 0.29) is 11.5 Å². The highest BCUT2D eigenvalue weighted by molar-refractivity contribution is 6.09. The zero-order valence-corrected chi connectivity index (χ0v) is 14.7. The Bertz CT molecular complexity index is 858. The molecule has 1 heterocycles. The van der Waals surface area contributed by atoms with Gasteiger partial charge in [-0.05, 0) is 48.5 Å². The lowest BCUT2D eigenvalue weighted by Gasteiger charge is -2.39. The first-order valence-corrected chi connectivity index (χ1v) is 8.56. The van der Waals surface area contributed by atoms with Crippen LogP contribution in [-0.4, -0.2) is 63.5 Å². The van der Waals surface area contributed by atoms with Gasteiger partial charge in [0.05, 0.1) is 18.2 Å². The molecule has 0 unspecified atom stereocenters. The van der Waals surface area contributed by atoms with Crippen molar-refractivity contribution in [2.24, 2.45) is 0 Å². The van der Waals surface area contributed by atoms with Gasteiger partial charge in [-0.2, -0.15) is 5.26 Å². The molecule has 0 aromatic heterocycles. The zero-order valence-electron chi connectivity index (χ0n) is 14.7. The summed E-state index contributed by atoms with van der Waals surface area (Å²) in [4.78, 5) is 12.5. The molecule has 0 aliphatic carbocycles. The average molecular weight is 385 g/mol. The molecule has 0 spiro atoms. The van der Waals surface area contributed by atoms with Gasteiger partial charge in [-0.15, -0.1) is 0 Å². The van der Waals surface area contributed by atoms with Gasteiger partial charge in [0.25, 0.3) is 0 Å². The normalized spacial score (nSPS) is 27.0. The van der Waals surface area contributed by atoms with Crippen LogP contribution >= 0.6 is 0 Å². The van der Waals surface area contributed by atoms with Crippen molar-refractivity contribution in [1.29, 1.82) is 5.26 Å². The van der Waals surface area contributed by atoms with Gasteiger partial charge in [-0.3, -0.25) is 4.79 Å². The summed E-state index contributed by atoms with van der Waals surface area (Å²) < 4.78 is 10.8. The lowest BCUT2D eigenvalue weighted by Crippen LogP contribution is -2.60. The first kappa shape index (κ1) is 19.9. The van der Waals surface area contributed by atoms with Crippen LogP contribution < -0.4 is 4.74 Å². The van der Waals surface area contributed by atoms with Crippen LogP contribution in [0.5, 0.6) is 5.75 Å². The van der Waals surface area contributed by atoms with E-state index >= 15 is 0 Å². The van der Waals surface area contributed by atoms with E-state index in [1.165, 1.54) is 24.3 Å². The number of rotatable bonds is 5. The summed E-state index contributed by atoms with van der Waals surface area (Å²) in [5.74, 6) is 0.0320. The maximum atomic E-state index is 12.5. The van der Waals surface area contributed by atoms with Crippen molar-refractivity contribution in [2.75, 3.05) is 6.61 Å². The van der Waals surface area contributed by atoms with E-state index < -0.39 is 37.3 Å². The number of ether oxygens (including phenoxy) is 2. The summed E-state index contributed by atoms with van der Waals surface area (Å²) >= 11 is 0. The number of ketones is 1. The van der Waals surface area contributed by atoms with E-state index in [1.807, 2.05) is 6.07 Å². The highest BCUT2D eigenvalue weighted by Gasteiger charge is 2.44. The Hall–Kier alpha value is -2.80. The minimum absolute atomic E-state index is 0.233. The molecule has 1 aliphatic heterocycles. The van der Waals surface area contributed by atoms with E-state index in [2.05, 4.69) is 0 Å². The third kappa shape index (κ3) is 4.04. The Morgan fingerprint density at radius 2 is 1.54 bits per heavy atom. The van der Waals surface area contributed by atoms with Crippen molar-refractivity contribution in [1.82, 2.24) is 0 Å². The van der Waals surface area contributed by atoms with Crippen LogP contribution in [0, 0.1) is 11.3 Å². The molecular weight excluding hydrogens is 366 g/mol. The molecule has 8 nitrogen and oxygen atoms in total. The SMILES string of the molecule is N#Cc1ccc(C(=O)c2ccc(O[C@@H]3O[C@H](CO)[C@@H](O)[C@H](O)[C@@H]3O)cc2)cc1. The lowest BCUT2D eigenvalue weighted by atomic mass is 9.99. The maximum Gasteiger partial charge on any atom is 0.229 e. The van der Waals surface area contributed by atoms with Gasteiger partial charge < -0.3 is 29.9 Å². The molecule has 0 radical (unpaired) electrons. The van der Waals surface area contributed by atoms with E-state index in [9.17, 15) is 25.2 Å². The van der Waals surface area contributed by atoms with Crippen molar-refractivity contribution in [3.05, 3.63) is 65.2 Å². The number of aliphatic hydroxyl groups is 4. The predicted octanol–water partition coefficient (Wildman–Crippen LogP) is -0.0320. The number of carbonyl (C=O) groups is 1. The highest BCUT2D eigenvalue weighted by Crippen LogP contribution is 2.25. The third-order valence-electron chi connectivity index (χ3n) is 4.49. The van der Waals surface area contributed by atoms with Crippen molar-refractivity contribution < 1.29 is 34.7 Å². The monoisotopic (exact) mass is 385 g/mol. The molecule has 28 heavy (non-hydrogen) atoms. The van der Waals surface area contributed by atoms with Crippen LogP contribution in [0.15, 0.2) is 48.5 Å². The summed E-state index contributed by atoms with van der Waals surface area (Å²) in [5.41, 5.74) is 1.28. The average Bonchev–Trinajstić information content (AvgIpc) is 2.74. The van der Waals surface area contributed by atoms with Crippen LogP contribution in [0.3, 0.4) is 0 Å². The first-order valence-electron chi connectivity index (χ1n) is 8.56. The Labute approximate surface area is 160 Å². The fraction of sp³-hybridized carbons (Fsp3) is 0.300. The van der Waals surface area contributed by atoms with Crippen LogP contribution in [0.25, 0.3) is 0 Å². The van der Waals surface area contributed by atoms with Crippen molar-refractivity contribution in [2.45, 2.75) is 30.7 Å². The fourth-order valence-corrected chi connectivity index (χ4v) is 2.85. The van der Waals surface area contributed by atoms with Gasteiger partial charge in [-0.1, -0.05) is 0 Å². The quantitative estimate of drug-likeness (QED) is 0.526. The van der Waals surface area contributed by atoms with Gasteiger partial charge >= 0.3 is 0 Å². The molecule has 0 amide bonds. The number of carbonyl (C=O) groups excluding carboxylic acids is 1. The number of benzene rings is 2. The summed E-state index contributed by atoms with van der Waals surface area (Å²) in [6.45, 7) is -0.553. The number of nitrogens with zero attached hydrogens (tertiary/aromatic N) is 1. The topological polar surface area (TPSA) is 140 Å². The van der Waals surface area contributed by atoms with Crippen molar-refractivity contribution >= 4 is 5.78 Å². The molecule has 5 atom stereocenters. The summed E-state index contributed by atoms with van der Waals surface area (Å²) in [6.07, 6.45) is -6.88. The number of nitriles is 1. The molecule has 146 valence electrons. The second-order valence-electron chi connectivity index (χ2n) is 6.36. The molecule has 1 aliphatic rings. The zero-order chi connectivity index (χ0) is 20.3. The van der Waals surface area contributed by atoms with Crippen LogP contribution in [-0.2, 0) is 4.74 Å². The van der Waals surface area contributed by atoms with E-state index in [1.54, 1.807) is 24.3 Å². The van der Waals surface area contributed by atoms with Crippen LogP contribution in [0.4, 0.5) is 0 Å². The van der Waals surface area contributed by atoms with Crippen molar-refractivity contribution in [3.8, 4) is 11.8 Å². The van der Waals surface area contributed by atoms with Crippen LogP contribution in [0.2, 0.25) is 0 Å². The van der Waals surface area contributed by atoms with E-state index in [4.69, 9.17) is 14.7 Å². The molecule has 4 N–H and O–H groups in total. The molecule has 3 rings (SSSR count). The minimum atomic E-state index is -1.53. The predicted molar refractivity (Wildman–Crippen MR) is 95.4 cm³/mol. The smallest absolute Gasteiger partial charge is 0.229 e. The van der Waals surface area contributed by atoms with Crippen molar-refractivity contribution in [3.63, 3.8) is 0 Å². The standard InChI is InChI=1S/C20H19NO7/c21-9-11-1-3-12(4-2-11)16(23)13-5-7-14(8-6-13)27-20-19(26)18(25)17(24)15(10-22)28-20/h1-8,15,17-20,22,24-26H,10H2/t15-,17-,18+,19+,20-/m1/s1. The van der Waals surface area contributed by atoms with Gasteiger partial charge in [-0.25, -0.2) is 0 Å². The Kier molecular flexibility index (Phi) is 6.04. The molecule has 2 aromatic carbocycles. The second kappa shape index (κ2) is 8.48. The highest BCUT2D eigenvalue weighted by atomic mass is 16.7. The molecule has 0 bridgehead atoms. The Morgan fingerprint density at radius 3 is 2.07 bits per heavy atom. The van der Waals surface area contributed by atoms with E-state index in [0.717, 1.165) is 0 Å². The molecule has 2 aromatic rings. The maximum absolute atomic E-state index is 12.5. The fourth-order valence-electron chi connectivity index (χ4n) is 2.85. The lowest BCUT2D eigenvalue weighted by molar-refractivity contribution is -0.277. The van der Waals surface area contributed by atoms with Crippen LogP contribution in [0.1, 0.15) is 21.5 Å². The molecular formula is C20H19NO7. The largest absolute Gasteiger partial charge is 0.462 e. The molecule has 1 fully saturated rings. The number of hydrogen-bond acceptors (Lipinski definition) is 8. The minimum Gasteiger partial charge on any atom is -0.462 e. The van der Waals surface area contributed by atoms with Gasteiger partial charge in [0.2, 0.25) is 6.29 Å². The van der Waals surface area contributed by atoms with E-state index in [0.29, 0.717) is 16.7 Å². The summed E-state index contributed by atoms with van der Waals surface area (Å²) in [7, 11) is 0. The number of hydrogen-bond donors (Lipinski definition) is 4. The molecule has 0 saturated carbocycles. The summed E-state index contributed by atoms with van der Waals surface area (Å²) in [5, 5.41) is 47.6.